The Hall–Kier alpha value is -2.37. The molecular weight excluding hydrogens is 429 g/mol. The number of nitrogens with zero attached hydrogens (tertiary/aromatic N) is 2. The van der Waals surface area contributed by atoms with E-state index in [0.717, 1.165) is 39.3 Å². The van der Waals surface area contributed by atoms with E-state index in [1.807, 2.05) is 24.3 Å². The second kappa shape index (κ2) is 10.3. The van der Waals surface area contributed by atoms with Gasteiger partial charge in [-0.25, -0.2) is 0 Å². The molecule has 1 aliphatic heterocycles. The van der Waals surface area contributed by atoms with E-state index in [4.69, 9.17) is 23.2 Å². The lowest BCUT2D eigenvalue weighted by molar-refractivity contribution is 0.102. The molecule has 1 fully saturated rings. The molecule has 1 amide bonds. The number of amides is 1. The van der Waals surface area contributed by atoms with Crippen molar-refractivity contribution >= 4 is 34.8 Å². The van der Waals surface area contributed by atoms with Gasteiger partial charge >= 0.3 is 0 Å². The van der Waals surface area contributed by atoms with Gasteiger partial charge in [0, 0.05) is 60.6 Å². The second-order valence-electron chi connectivity index (χ2n) is 7.85. The zero-order valence-electron chi connectivity index (χ0n) is 17.2. The van der Waals surface area contributed by atoms with E-state index in [2.05, 4.69) is 45.4 Å². The predicted molar refractivity (Wildman–Crippen MR) is 128 cm³/mol. The van der Waals surface area contributed by atoms with Gasteiger partial charge in [-0.2, -0.15) is 0 Å². The molecule has 0 bridgehead atoms. The highest BCUT2D eigenvalue weighted by atomic mass is 35.5. The molecule has 0 radical (unpaired) electrons. The topological polar surface area (TPSA) is 35.6 Å². The maximum atomic E-state index is 12.5. The van der Waals surface area contributed by atoms with Gasteiger partial charge < -0.3 is 5.32 Å². The van der Waals surface area contributed by atoms with Gasteiger partial charge in [0.25, 0.3) is 5.91 Å². The highest BCUT2D eigenvalue weighted by Crippen LogP contribution is 2.23. The molecule has 4 nitrogen and oxygen atoms in total. The lowest BCUT2D eigenvalue weighted by atomic mass is 10.1. The Labute approximate surface area is 193 Å². The quantitative estimate of drug-likeness (QED) is 0.530. The molecule has 4 rings (SSSR count). The molecular formula is C25H25Cl2N3O. The van der Waals surface area contributed by atoms with Crippen molar-refractivity contribution in [3.8, 4) is 0 Å². The number of halogens is 2. The fraction of sp³-hybridized carbons (Fsp3) is 0.240. The van der Waals surface area contributed by atoms with Crippen molar-refractivity contribution in [2.75, 3.05) is 31.5 Å². The molecule has 1 N–H and O–H groups in total. The van der Waals surface area contributed by atoms with Crippen LogP contribution in [-0.2, 0) is 13.1 Å². The minimum atomic E-state index is -0.181. The van der Waals surface area contributed by atoms with Gasteiger partial charge in [0.15, 0.2) is 0 Å². The Morgan fingerprint density at radius 2 is 1.26 bits per heavy atom. The molecule has 31 heavy (non-hydrogen) atoms. The number of hydrogen-bond donors (Lipinski definition) is 1. The number of nitrogens with one attached hydrogen (secondary N) is 1. The largest absolute Gasteiger partial charge is 0.322 e. The third-order valence-corrected chi connectivity index (χ3v) is 5.89. The number of carbonyl (C=O) groups is 1. The minimum Gasteiger partial charge on any atom is -0.322 e. The Morgan fingerprint density at radius 3 is 1.81 bits per heavy atom. The molecule has 0 unspecified atom stereocenters. The van der Waals surface area contributed by atoms with Gasteiger partial charge in [0.2, 0.25) is 0 Å². The highest BCUT2D eigenvalue weighted by molar-refractivity contribution is 6.35. The number of carbonyl (C=O) groups excluding carboxylic acids is 1. The number of piperazine rings is 1. The standard InChI is InChI=1S/C25H25Cl2N3O/c26-22-14-23(27)16-24(15-22)28-25(31)21-8-6-20(7-9-21)18-30-12-10-29(11-13-30)17-19-4-2-1-3-5-19/h1-9,14-16H,10-13,17-18H2,(H,28,31). The maximum absolute atomic E-state index is 12.5. The third-order valence-electron chi connectivity index (χ3n) is 5.46. The molecule has 6 heteroatoms. The first-order valence-electron chi connectivity index (χ1n) is 10.4. The lowest BCUT2D eigenvalue weighted by Gasteiger charge is -2.34. The summed E-state index contributed by atoms with van der Waals surface area (Å²) >= 11 is 12.0. The van der Waals surface area contributed by atoms with E-state index in [-0.39, 0.29) is 5.91 Å². The fourth-order valence-corrected chi connectivity index (χ4v) is 4.32. The van der Waals surface area contributed by atoms with Crippen molar-refractivity contribution in [1.82, 2.24) is 9.80 Å². The minimum absolute atomic E-state index is 0.181. The SMILES string of the molecule is O=C(Nc1cc(Cl)cc(Cl)c1)c1ccc(CN2CCN(Cc3ccccc3)CC2)cc1. The van der Waals surface area contributed by atoms with Crippen LogP contribution in [-0.4, -0.2) is 41.9 Å². The maximum Gasteiger partial charge on any atom is 0.255 e. The van der Waals surface area contributed by atoms with Gasteiger partial charge in [-0.1, -0.05) is 65.7 Å². The third kappa shape index (κ3) is 6.31. The summed E-state index contributed by atoms with van der Waals surface area (Å²) < 4.78 is 0. The summed E-state index contributed by atoms with van der Waals surface area (Å²) in [7, 11) is 0. The Morgan fingerprint density at radius 1 is 0.742 bits per heavy atom. The van der Waals surface area contributed by atoms with Gasteiger partial charge in [-0.3, -0.25) is 14.6 Å². The molecule has 0 atom stereocenters. The summed E-state index contributed by atoms with van der Waals surface area (Å²) in [5, 5.41) is 3.82. The number of anilines is 1. The molecule has 0 spiro atoms. The van der Waals surface area contributed by atoms with E-state index in [1.165, 1.54) is 11.1 Å². The van der Waals surface area contributed by atoms with Crippen LogP contribution in [0.1, 0.15) is 21.5 Å². The number of rotatable bonds is 6. The Balaban J connectivity index is 1.27. The summed E-state index contributed by atoms with van der Waals surface area (Å²) in [5.41, 5.74) is 3.76. The average molecular weight is 454 g/mol. The monoisotopic (exact) mass is 453 g/mol. The summed E-state index contributed by atoms with van der Waals surface area (Å²) in [4.78, 5) is 17.5. The zero-order chi connectivity index (χ0) is 21.6. The van der Waals surface area contributed by atoms with Gasteiger partial charge in [-0.05, 0) is 41.5 Å². The normalized spacial score (nSPS) is 15.0. The van der Waals surface area contributed by atoms with E-state index in [9.17, 15) is 4.79 Å². The predicted octanol–water partition coefficient (Wildman–Crippen LogP) is 5.56. The summed E-state index contributed by atoms with van der Waals surface area (Å²) in [6.07, 6.45) is 0. The van der Waals surface area contributed by atoms with Crippen molar-refractivity contribution in [2.45, 2.75) is 13.1 Å². The van der Waals surface area contributed by atoms with E-state index >= 15 is 0 Å². The first-order valence-corrected chi connectivity index (χ1v) is 11.2. The first kappa shape index (κ1) is 21.8. The van der Waals surface area contributed by atoms with Crippen LogP contribution in [0.25, 0.3) is 0 Å². The van der Waals surface area contributed by atoms with Crippen LogP contribution in [0, 0.1) is 0 Å². The molecule has 0 aliphatic carbocycles. The highest BCUT2D eigenvalue weighted by Gasteiger charge is 2.17. The van der Waals surface area contributed by atoms with Crippen molar-refractivity contribution in [3.63, 3.8) is 0 Å². The van der Waals surface area contributed by atoms with Crippen LogP contribution in [0.5, 0.6) is 0 Å². The molecule has 3 aromatic carbocycles. The molecule has 1 aliphatic rings. The van der Waals surface area contributed by atoms with Crippen molar-refractivity contribution in [3.05, 3.63) is 99.5 Å². The Kier molecular flexibility index (Phi) is 7.25. The second-order valence-corrected chi connectivity index (χ2v) is 8.72. The van der Waals surface area contributed by atoms with E-state index in [0.29, 0.717) is 21.3 Å². The van der Waals surface area contributed by atoms with Crippen LogP contribution in [0.3, 0.4) is 0 Å². The molecule has 0 aromatic heterocycles. The molecule has 1 heterocycles. The van der Waals surface area contributed by atoms with Gasteiger partial charge in [-0.15, -0.1) is 0 Å². The number of hydrogen-bond acceptors (Lipinski definition) is 3. The van der Waals surface area contributed by atoms with Crippen molar-refractivity contribution in [2.24, 2.45) is 0 Å². The van der Waals surface area contributed by atoms with Crippen molar-refractivity contribution in [1.29, 1.82) is 0 Å². The average Bonchev–Trinajstić information content (AvgIpc) is 2.76. The van der Waals surface area contributed by atoms with E-state index in [1.54, 1.807) is 18.2 Å². The van der Waals surface area contributed by atoms with Crippen LogP contribution in [0.4, 0.5) is 5.69 Å². The first-order chi connectivity index (χ1) is 15.0. The van der Waals surface area contributed by atoms with Crippen LogP contribution >= 0.6 is 23.2 Å². The zero-order valence-corrected chi connectivity index (χ0v) is 18.7. The smallest absolute Gasteiger partial charge is 0.255 e. The molecule has 3 aromatic rings. The Bertz CT molecular complexity index is 996. The van der Waals surface area contributed by atoms with Gasteiger partial charge in [0.05, 0.1) is 0 Å². The fourth-order valence-electron chi connectivity index (χ4n) is 3.80. The summed E-state index contributed by atoms with van der Waals surface area (Å²) in [6, 6.07) is 23.4. The van der Waals surface area contributed by atoms with E-state index < -0.39 is 0 Å². The van der Waals surface area contributed by atoms with Crippen LogP contribution in [0.2, 0.25) is 10.0 Å². The molecule has 160 valence electrons. The molecule has 1 saturated heterocycles. The van der Waals surface area contributed by atoms with Crippen LogP contribution in [0.15, 0.2) is 72.8 Å². The summed E-state index contributed by atoms with van der Waals surface area (Å²) in [6.45, 7) is 6.13. The van der Waals surface area contributed by atoms with Gasteiger partial charge in [0.1, 0.15) is 0 Å². The number of benzene rings is 3. The summed E-state index contributed by atoms with van der Waals surface area (Å²) in [5.74, 6) is -0.181. The van der Waals surface area contributed by atoms with Crippen LogP contribution < -0.4 is 5.32 Å². The lowest BCUT2D eigenvalue weighted by Crippen LogP contribution is -2.45. The van der Waals surface area contributed by atoms with Crippen molar-refractivity contribution < 1.29 is 4.79 Å². The molecule has 0 saturated carbocycles.